The average Bonchev–Trinajstić information content (AvgIpc) is 2.86. The van der Waals surface area contributed by atoms with Gasteiger partial charge in [-0.2, -0.15) is 13.7 Å². The van der Waals surface area contributed by atoms with Crippen LogP contribution in [0.25, 0.3) is 11.3 Å². The fourth-order valence-electron chi connectivity index (χ4n) is 4.11. The first kappa shape index (κ1) is 26.5. The Labute approximate surface area is 225 Å². The number of nitriles is 1. The van der Waals surface area contributed by atoms with Crippen LogP contribution in [0.3, 0.4) is 0 Å². The van der Waals surface area contributed by atoms with Gasteiger partial charge in [0.05, 0.1) is 18.2 Å². The summed E-state index contributed by atoms with van der Waals surface area (Å²) in [5.74, 6) is -0.424. The van der Waals surface area contributed by atoms with Crippen molar-refractivity contribution >= 4 is 15.9 Å². The van der Waals surface area contributed by atoms with Crippen molar-refractivity contribution in [3.05, 3.63) is 100 Å². The van der Waals surface area contributed by atoms with Crippen molar-refractivity contribution in [1.82, 2.24) is 14.7 Å². The van der Waals surface area contributed by atoms with Crippen molar-refractivity contribution in [2.24, 2.45) is 0 Å². The molecule has 0 radical (unpaired) electrons. The van der Waals surface area contributed by atoms with E-state index >= 15 is 0 Å². The first-order valence-electron chi connectivity index (χ1n) is 11.8. The van der Waals surface area contributed by atoms with Crippen LogP contribution < -0.4 is 9.46 Å². The van der Waals surface area contributed by atoms with E-state index in [0.29, 0.717) is 17.1 Å². The van der Waals surface area contributed by atoms with E-state index in [0.717, 1.165) is 27.8 Å². The second kappa shape index (κ2) is 10.8. The molecule has 196 valence electrons. The number of pyridine rings is 2. The maximum atomic E-state index is 13.3. The molecule has 4 aromatic rings. The predicted octanol–water partition coefficient (Wildman–Crippen LogP) is 5.85. The van der Waals surface area contributed by atoms with Crippen LogP contribution in [0.2, 0.25) is 0 Å². The zero-order valence-corrected chi connectivity index (χ0v) is 22.3. The molecule has 0 bridgehead atoms. The molecule has 0 spiro atoms. The summed E-state index contributed by atoms with van der Waals surface area (Å²) in [6, 6.07) is 21.0. The molecule has 2 heterocycles. The molecule has 0 aliphatic carbocycles. The van der Waals surface area contributed by atoms with Gasteiger partial charge in [-0.05, 0) is 74.7 Å². The van der Waals surface area contributed by atoms with Crippen molar-refractivity contribution in [2.75, 3.05) is 0 Å². The highest BCUT2D eigenvalue weighted by Crippen LogP contribution is 2.33. The highest BCUT2D eigenvalue weighted by molar-refractivity contribution is 7.90. The number of sulfonamides is 1. The Kier molecular flexibility index (Phi) is 7.55. The lowest BCUT2D eigenvalue weighted by Crippen LogP contribution is -2.31. The van der Waals surface area contributed by atoms with E-state index in [9.17, 15) is 13.2 Å². The molecule has 0 aliphatic heterocycles. The van der Waals surface area contributed by atoms with Crippen LogP contribution in [-0.4, -0.2) is 24.3 Å². The van der Waals surface area contributed by atoms with Gasteiger partial charge in [-0.15, -0.1) is 0 Å². The number of amides is 1. The number of ether oxygens (including phenoxy) is 1. The van der Waals surface area contributed by atoms with E-state index in [-0.39, 0.29) is 25.7 Å². The number of hydrogen-bond acceptors (Lipinski definition) is 7. The Hall–Kier alpha value is -4.55. The molecule has 1 N–H and O–H groups in total. The van der Waals surface area contributed by atoms with E-state index in [2.05, 4.69) is 20.8 Å². The van der Waals surface area contributed by atoms with Gasteiger partial charge in [0.2, 0.25) is 5.88 Å². The van der Waals surface area contributed by atoms with Crippen molar-refractivity contribution < 1.29 is 20.8 Å². The number of rotatable bonds is 7. The third-order valence-electron chi connectivity index (χ3n) is 5.78. The second-order valence-corrected chi connectivity index (χ2v) is 10.6. The van der Waals surface area contributed by atoms with Gasteiger partial charge in [0.1, 0.15) is 11.3 Å². The summed E-state index contributed by atoms with van der Waals surface area (Å²) in [4.78, 5) is 21.9. The smallest absolute Gasteiger partial charge is 0.281 e. The first-order valence-corrected chi connectivity index (χ1v) is 13.3. The monoisotopic (exact) mass is 530 g/mol. The molecule has 38 heavy (non-hydrogen) atoms. The molecule has 9 heteroatoms. The van der Waals surface area contributed by atoms with Gasteiger partial charge in [0, 0.05) is 14.1 Å². The number of nitrogens with one attached hydrogen (secondary N) is 1. The lowest BCUT2D eigenvalue weighted by atomic mass is 10.0. The summed E-state index contributed by atoms with van der Waals surface area (Å²) in [7, 11) is -4.24. The molecule has 0 saturated heterocycles. The largest absolute Gasteiger partial charge is 0.438 e. The van der Waals surface area contributed by atoms with Crippen molar-refractivity contribution in [3.8, 4) is 29.0 Å². The van der Waals surface area contributed by atoms with Crippen LogP contribution in [0.4, 0.5) is 0 Å². The second-order valence-electron chi connectivity index (χ2n) is 8.97. The third kappa shape index (κ3) is 5.88. The minimum Gasteiger partial charge on any atom is -0.438 e. The molecule has 0 fully saturated rings. The fourth-order valence-corrected chi connectivity index (χ4v) is 5.09. The molecule has 0 atom stereocenters. The Bertz CT molecular complexity index is 1680. The Morgan fingerprint density at radius 2 is 1.68 bits per heavy atom. The highest BCUT2D eigenvalue weighted by atomic mass is 32.2. The molecule has 1 amide bonds. The van der Waals surface area contributed by atoms with Crippen LogP contribution >= 0.6 is 0 Å². The minimum absolute atomic E-state index is 0. The maximum Gasteiger partial charge on any atom is 0.281 e. The van der Waals surface area contributed by atoms with Crippen molar-refractivity contribution in [1.29, 1.82) is 5.26 Å². The van der Waals surface area contributed by atoms with Gasteiger partial charge < -0.3 is 4.74 Å². The van der Waals surface area contributed by atoms with E-state index in [4.69, 9.17) is 10.00 Å². The zero-order valence-electron chi connectivity index (χ0n) is 21.4. The quantitative estimate of drug-likeness (QED) is 0.318. The van der Waals surface area contributed by atoms with Crippen molar-refractivity contribution in [2.45, 2.75) is 39.1 Å². The van der Waals surface area contributed by atoms with Crippen LogP contribution in [0, 0.1) is 39.0 Å². The number of hydrogen-bond donors (Lipinski definition) is 1. The molecule has 0 saturated carbocycles. The predicted molar refractivity (Wildman–Crippen MR) is 148 cm³/mol. The van der Waals surface area contributed by atoms with E-state index in [1.807, 2.05) is 57.2 Å². The molecule has 0 aliphatic rings. The summed E-state index contributed by atoms with van der Waals surface area (Å²) in [5, 5.41) is 8.80. The number of carbonyl (C=O) groups excluding carboxylic acids is 1. The summed E-state index contributed by atoms with van der Waals surface area (Å²) in [6.45, 7) is 7.41. The summed E-state index contributed by atoms with van der Waals surface area (Å²) < 4.78 is 34.0. The summed E-state index contributed by atoms with van der Waals surface area (Å²) in [6.07, 6.45) is 0.240. The highest BCUT2D eigenvalue weighted by Gasteiger charge is 2.24. The van der Waals surface area contributed by atoms with E-state index in [1.165, 1.54) is 12.1 Å². The van der Waals surface area contributed by atoms with Gasteiger partial charge >= 0.3 is 0 Å². The van der Waals surface area contributed by atoms with Crippen LogP contribution in [0.5, 0.6) is 11.6 Å². The van der Waals surface area contributed by atoms with Gasteiger partial charge in [0.15, 0.2) is 5.03 Å². The Morgan fingerprint density at radius 3 is 2.37 bits per heavy atom. The molecular weight excluding hydrogens is 500 g/mol. The standard InChI is InChI=1S/C29H26N4O4S.2H2/c1-18-15-19(2)27(20(3)16-18)37-29-24(28(34)33-38(35,36)26-10-5-7-21(4)31-26)11-12-25(32-29)23-9-6-8-22(17-23)13-14-30;;/h5-12,15-17H,13H2,1-4H3,(H,33,34);2*1H. The lowest BCUT2D eigenvalue weighted by molar-refractivity contribution is 0.0978. The molecule has 8 nitrogen and oxygen atoms in total. The zero-order chi connectivity index (χ0) is 27.4. The molecule has 2 aromatic carbocycles. The average molecular weight is 531 g/mol. The number of benzene rings is 2. The number of carbonyl (C=O) groups is 1. The van der Waals surface area contributed by atoms with Crippen LogP contribution in [-0.2, 0) is 16.4 Å². The Morgan fingerprint density at radius 1 is 0.974 bits per heavy atom. The van der Waals surface area contributed by atoms with Gasteiger partial charge in [-0.25, -0.2) is 14.7 Å². The van der Waals surface area contributed by atoms with Crippen LogP contribution in [0.1, 0.15) is 41.2 Å². The molecule has 4 rings (SSSR count). The number of aryl methyl sites for hydroxylation is 4. The number of aromatic nitrogens is 2. The van der Waals surface area contributed by atoms with Crippen LogP contribution in [0.15, 0.2) is 71.8 Å². The van der Waals surface area contributed by atoms with Crippen molar-refractivity contribution in [3.63, 3.8) is 0 Å². The Balaban J connectivity index is 0.00000280. The molecule has 2 aromatic heterocycles. The van der Waals surface area contributed by atoms with Gasteiger partial charge in [-0.1, -0.05) is 42.0 Å². The summed E-state index contributed by atoms with van der Waals surface area (Å²) >= 11 is 0. The van der Waals surface area contributed by atoms with Gasteiger partial charge in [-0.3, -0.25) is 4.79 Å². The fraction of sp³-hybridized carbons (Fsp3) is 0.172. The third-order valence-corrected chi connectivity index (χ3v) is 7.01. The van der Waals surface area contributed by atoms with Gasteiger partial charge in [0.25, 0.3) is 15.9 Å². The summed E-state index contributed by atoms with van der Waals surface area (Å²) in [5.41, 5.74) is 5.22. The topological polar surface area (TPSA) is 122 Å². The molecule has 0 unspecified atom stereocenters. The first-order chi connectivity index (χ1) is 18.1. The van der Waals surface area contributed by atoms with E-state index in [1.54, 1.807) is 25.1 Å². The SMILES string of the molecule is Cc1cc(C)c(Oc2nc(-c3cccc(CC#N)c3)ccc2C(=O)NS(=O)(=O)c2cccc(C)n2)c(C)c1.[HH].[HH]. The minimum atomic E-state index is -4.24. The maximum absolute atomic E-state index is 13.3. The number of nitrogens with zero attached hydrogens (tertiary/aromatic N) is 3. The normalized spacial score (nSPS) is 11.0. The lowest BCUT2D eigenvalue weighted by Gasteiger charge is -2.16. The van der Waals surface area contributed by atoms with E-state index < -0.39 is 15.9 Å². The molecular formula is C29H30N4O4S.